The smallest absolute Gasteiger partial charge is 0.337 e. The van der Waals surface area contributed by atoms with Crippen molar-refractivity contribution < 1.29 is 32.9 Å². The molecule has 2 heterocycles. The summed E-state index contributed by atoms with van der Waals surface area (Å²) >= 11 is 0. The van der Waals surface area contributed by atoms with Crippen LogP contribution in [0.3, 0.4) is 0 Å². The van der Waals surface area contributed by atoms with E-state index in [2.05, 4.69) is 0 Å². The van der Waals surface area contributed by atoms with Gasteiger partial charge in [-0.3, -0.25) is 4.98 Å². The number of hydrogen-bond donors (Lipinski definition) is 1. The average Bonchev–Trinajstić information content (AvgIpc) is 2.99. The fourth-order valence-corrected chi connectivity index (χ4v) is 5.98. The van der Waals surface area contributed by atoms with Gasteiger partial charge in [0, 0.05) is 34.5 Å². The van der Waals surface area contributed by atoms with E-state index in [1.165, 1.54) is 18.2 Å². The first kappa shape index (κ1) is 32.1. The van der Waals surface area contributed by atoms with Crippen molar-refractivity contribution in [1.29, 1.82) is 0 Å². The molecule has 0 saturated carbocycles. The normalized spacial score (nSPS) is 13.6. The molecule has 0 fully saturated rings. The molecule has 3 aromatic carbocycles. The lowest BCUT2D eigenvalue weighted by molar-refractivity contribution is -0.160. The SMILES string of the molecule is Cc1nc(C)c([C@H](OC(C)(C)C)C(=O)O)c(-c2cc(F)c3c(c2C)CCCO3)c1-c1ccc(OCCc2ccc(F)cc2)cc1. The second-order valence-corrected chi connectivity index (χ2v) is 12.4. The summed E-state index contributed by atoms with van der Waals surface area (Å²) in [5.41, 5.74) is 5.98. The summed E-state index contributed by atoms with van der Waals surface area (Å²) in [6.07, 6.45) is 0.687. The summed E-state index contributed by atoms with van der Waals surface area (Å²) in [5, 5.41) is 10.5. The van der Waals surface area contributed by atoms with Crippen molar-refractivity contribution in [1.82, 2.24) is 4.98 Å². The van der Waals surface area contributed by atoms with E-state index in [1.54, 1.807) is 39.8 Å². The van der Waals surface area contributed by atoms with Gasteiger partial charge in [0.2, 0.25) is 0 Å². The van der Waals surface area contributed by atoms with Crippen LogP contribution < -0.4 is 9.47 Å². The standard InChI is InChI=1S/C37H39F2NO5/c1-21-28-8-7-18-44-34(28)30(39)20-29(21)33-31(22(2)40-23(3)32(33)35(36(41)42)45-37(4,5)6)25-11-15-27(16-12-25)43-19-17-24-9-13-26(38)14-10-24/h9-16,20,35H,7-8,17-19H2,1-6H3,(H,41,42)/t35-/m0/s1. The molecule has 0 saturated heterocycles. The number of aliphatic carboxylic acids is 1. The number of rotatable bonds is 9. The van der Waals surface area contributed by atoms with Crippen molar-refractivity contribution in [3.63, 3.8) is 0 Å². The summed E-state index contributed by atoms with van der Waals surface area (Å²) in [7, 11) is 0. The van der Waals surface area contributed by atoms with E-state index < -0.39 is 23.5 Å². The maximum absolute atomic E-state index is 15.7. The molecular formula is C37H39F2NO5. The molecule has 0 aliphatic carbocycles. The molecule has 1 atom stereocenters. The van der Waals surface area contributed by atoms with Gasteiger partial charge in [-0.2, -0.15) is 0 Å². The van der Waals surface area contributed by atoms with Crippen LogP contribution in [0.4, 0.5) is 8.78 Å². The van der Waals surface area contributed by atoms with Gasteiger partial charge in [-0.25, -0.2) is 13.6 Å². The number of carboxylic acid groups (broad SMARTS) is 1. The van der Waals surface area contributed by atoms with Crippen LogP contribution in [-0.4, -0.2) is 34.9 Å². The number of nitrogens with zero attached hydrogens (tertiary/aromatic N) is 1. The predicted molar refractivity (Wildman–Crippen MR) is 170 cm³/mol. The van der Waals surface area contributed by atoms with E-state index >= 15 is 4.39 Å². The first-order chi connectivity index (χ1) is 21.3. The molecule has 236 valence electrons. The first-order valence-electron chi connectivity index (χ1n) is 15.2. The fourth-order valence-electron chi connectivity index (χ4n) is 5.98. The van der Waals surface area contributed by atoms with Crippen LogP contribution in [0, 0.1) is 32.4 Å². The monoisotopic (exact) mass is 615 g/mol. The maximum atomic E-state index is 15.7. The maximum Gasteiger partial charge on any atom is 0.337 e. The number of aromatic nitrogens is 1. The molecule has 0 unspecified atom stereocenters. The van der Waals surface area contributed by atoms with Gasteiger partial charge in [0.1, 0.15) is 11.6 Å². The van der Waals surface area contributed by atoms with Crippen LogP contribution in [0.1, 0.15) is 66.9 Å². The second-order valence-electron chi connectivity index (χ2n) is 12.4. The van der Waals surface area contributed by atoms with Gasteiger partial charge in [0.25, 0.3) is 0 Å². The Morgan fingerprint density at radius 3 is 2.33 bits per heavy atom. The van der Waals surface area contributed by atoms with Crippen LogP contribution in [0.2, 0.25) is 0 Å². The highest BCUT2D eigenvalue weighted by atomic mass is 19.1. The number of aryl methyl sites for hydroxylation is 2. The fraction of sp³-hybridized carbons (Fsp3) is 0.351. The topological polar surface area (TPSA) is 77.9 Å². The summed E-state index contributed by atoms with van der Waals surface area (Å²) in [5.74, 6) is -1.01. The van der Waals surface area contributed by atoms with E-state index in [0.29, 0.717) is 65.4 Å². The van der Waals surface area contributed by atoms with Gasteiger partial charge in [-0.15, -0.1) is 0 Å². The number of halogens is 2. The number of fused-ring (bicyclic) bond motifs is 1. The van der Waals surface area contributed by atoms with Crippen molar-refractivity contribution in [2.75, 3.05) is 13.2 Å². The van der Waals surface area contributed by atoms with Crippen molar-refractivity contribution >= 4 is 5.97 Å². The Morgan fingerprint density at radius 1 is 1.00 bits per heavy atom. The second kappa shape index (κ2) is 13.0. The number of pyridine rings is 1. The zero-order chi connectivity index (χ0) is 32.5. The Bertz CT molecular complexity index is 1710. The summed E-state index contributed by atoms with van der Waals surface area (Å²) < 4.78 is 46.8. The van der Waals surface area contributed by atoms with E-state index in [-0.39, 0.29) is 11.6 Å². The Kier molecular flexibility index (Phi) is 9.26. The Labute approximate surface area is 263 Å². The van der Waals surface area contributed by atoms with Crippen molar-refractivity contribution in [3.05, 3.63) is 99.9 Å². The third kappa shape index (κ3) is 7.01. The molecule has 0 spiro atoms. The van der Waals surface area contributed by atoms with Crippen LogP contribution in [0.5, 0.6) is 11.5 Å². The van der Waals surface area contributed by atoms with Gasteiger partial charge < -0.3 is 19.3 Å². The number of carbonyl (C=O) groups is 1. The summed E-state index contributed by atoms with van der Waals surface area (Å²) in [6.45, 7) is 11.8. The van der Waals surface area contributed by atoms with Crippen LogP contribution in [0.15, 0.2) is 54.6 Å². The molecule has 8 heteroatoms. The highest BCUT2D eigenvalue weighted by Gasteiger charge is 2.34. The first-order valence-corrected chi connectivity index (χ1v) is 15.2. The molecule has 0 radical (unpaired) electrons. The molecule has 45 heavy (non-hydrogen) atoms. The van der Waals surface area contributed by atoms with E-state index in [0.717, 1.165) is 28.7 Å². The number of carboxylic acids is 1. The molecule has 4 aromatic rings. The molecule has 1 aromatic heterocycles. The average molecular weight is 616 g/mol. The minimum absolute atomic E-state index is 0.260. The molecule has 1 aliphatic rings. The van der Waals surface area contributed by atoms with Crippen molar-refractivity contribution in [3.8, 4) is 33.8 Å². The third-order valence-corrected chi connectivity index (χ3v) is 7.99. The van der Waals surface area contributed by atoms with Gasteiger partial charge in [-0.1, -0.05) is 24.3 Å². The van der Waals surface area contributed by atoms with Crippen LogP contribution >= 0.6 is 0 Å². The highest BCUT2D eigenvalue weighted by molar-refractivity contribution is 5.92. The predicted octanol–water partition coefficient (Wildman–Crippen LogP) is 8.51. The van der Waals surface area contributed by atoms with Gasteiger partial charge >= 0.3 is 5.97 Å². The van der Waals surface area contributed by atoms with Gasteiger partial charge in [0.05, 0.1) is 18.8 Å². The highest BCUT2D eigenvalue weighted by Crippen LogP contribution is 2.46. The Hall–Kier alpha value is -4.30. The van der Waals surface area contributed by atoms with E-state index in [4.69, 9.17) is 19.2 Å². The molecule has 0 amide bonds. The van der Waals surface area contributed by atoms with Gasteiger partial charge in [0.15, 0.2) is 17.7 Å². The molecule has 1 aliphatic heterocycles. The lowest BCUT2D eigenvalue weighted by atomic mass is 9.83. The minimum Gasteiger partial charge on any atom is -0.493 e. The van der Waals surface area contributed by atoms with Crippen molar-refractivity contribution in [2.24, 2.45) is 0 Å². The summed E-state index contributed by atoms with van der Waals surface area (Å²) in [4.78, 5) is 17.6. The lowest BCUT2D eigenvalue weighted by Gasteiger charge is -2.30. The molecule has 0 bridgehead atoms. The van der Waals surface area contributed by atoms with E-state index in [9.17, 15) is 14.3 Å². The number of ether oxygens (including phenoxy) is 3. The molecule has 1 N–H and O–H groups in total. The van der Waals surface area contributed by atoms with Crippen molar-refractivity contribution in [2.45, 2.75) is 72.5 Å². The number of hydrogen-bond acceptors (Lipinski definition) is 5. The van der Waals surface area contributed by atoms with Gasteiger partial charge in [-0.05, 0) is 113 Å². The zero-order valence-electron chi connectivity index (χ0n) is 26.6. The number of benzene rings is 3. The molecule has 6 nitrogen and oxygen atoms in total. The quantitative estimate of drug-likeness (QED) is 0.203. The lowest BCUT2D eigenvalue weighted by Crippen LogP contribution is -2.28. The third-order valence-electron chi connectivity index (χ3n) is 7.99. The largest absolute Gasteiger partial charge is 0.493 e. The molecule has 5 rings (SSSR count). The zero-order valence-corrected chi connectivity index (χ0v) is 26.6. The molecular weight excluding hydrogens is 576 g/mol. The summed E-state index contributed by atoms with van der Waals surface area (Å²) in [6, 6.07) is 15.3. The Balaban J connectivity index is 1.64. The van der Waals surface area contributed by atoms with Crippen LogP contribution in [0.25, 0.3) is 22.3 Å². The van der Waals surface area contributed by atoms with Crippen LogP contribution in [-0.2, 0) is 22.4 Å². The van der Waals surface area contributed by atoms with E-state index in [1.807, 2.05) is 38.1 Å². The Morgan fingerprint density at radius 2 is 1.69 bits per heavy atom. The minimum atomic E-state index is -1.35.